The fourth-order valence-electron chi connectivity index (χ4n) is 2.69. The van der Waals surface area contributed by atoms with Gasteiger partial charge in [0.25, 0.3) is 0 Å². The van der Waals surface area contributed by atoms with Gasteiger partial charge in [-0.25, -0.2) is 13.8 Å². The van der Waals surface area contributed by atoms with Crippen LogP contribution in [-0.4, -0.2) is 35.0 Å². The number of nitrogens with zero attached hydrogens (tertiary/aromatic N) is 2. The normalized spacial score (nSPS) is 17.1. The van der Waals surface area contributed by atoms with E-state index >= 15 is 0 Å². The van der Waals surface area contributed by atoms with Crippen molar-refractivity contribution in [2.45, 2.75) is 25.9 Å². The molecule has 1 aromatic carbocycles. The van der Waals surface area contributed by atoms with Crippen LogP contribution in [0.3, 0.4) is 0 Å². The molecule has 126 valence electrons. The summed E-state index contributed by atoms with van der Waals surface area (Å²) in [5.41, 5.74) is 1.25. The van der Waals surface area contributed by atoms with Gasteiger partial charge >= 0.3 is 0 Å². The third-order valence-corrected chi connectivity index (χ3v) is 4.03. The fraction of sp³-hybridized carbons (Fsp3) is 0.333. The van der Waals surface area contributed by atoms with Gasteiger partial charge in [0.1, 0.15) is 17.7 Å². The molecule has 1 fully saturated rings. The van der Waals surface area contributed by atoms with E-state index < -0.39 is 11.6 Å². The molecule has 3 rings (SSSR count). The van der Waals surface area contributed by atoms with Crippen LogP contribution in [0.1, 0.15) is 17.5 Å². The van der Waals surface area contributed by atoms with E-state index in [4.69, 9.17) is 4.74 Å². The quantitative estimate of drug-likeness (QED) is 0.865. The smallest absolute Gasteiger partial charge is 0.227 e. The average molecular weight is 332 g/mol. The van der Waals surface area contributed by atoms with Gasteiger partial charge < -0.3 is 9.64 Å². The Balaban J connectivity index is 1.56. The first-order valence-corrected chi connectivity index (χ1v) is 7.82. The van der Waals surface area contributed by atoms with Crippen LogP contribution in [0.4, 0.5) is 8.78 Å². The fourth-order valence-corrected chi connectivity index (χ4v) is 2.69. The Morgan fingerprint density at radius 3 is 2.88 bits per heavy atom. The molecule has 1 amide bonds. The van der Waals surface area contributed by atoms with Gasteiger partial charge in [-0.1, -0.05) is 12.1 Å². The first kappa shape index (κ1) is 16.4. The summed E-state index contributed by atoms with van der Waals surface area (Å²) < 4.78 is 32.3. The molecule has 0 unspecified atom stereocenters. The van der Waals surface area contributed by atoms with E-state index in [1.807, 2.05) is 13.0 Å². The van der Waals surface area contributed by atoms with Crippen molar-refractivity contribution >= 4 is 5.91 Å². The standard InChI is InChI=1S/C18H18F2N2O2/c1-12-2-5-17(21-10-12)24-15-6-7-22(11-15)18(23)8-13-3-4-14(19)9-16(13)20/h2-5,9-10,15H,6-8,11H2,1H3/t15-/m1/s1. The Bertz CT molecular complexity index is 734. The number of carbonyl (C=O) groups is 1. The molecule has 6 heteroatoms. The maximum absolute atomic E-state index is 13.7. The minimum Gasteiger partial charge on any atom is -0.472 e. The van der Waals surface area contributed by atoms with E-state index in [9.17, 15) is 13.6 Å². The SMILES string of the molecule is Cc1ccc(O[C@@H]2CCN(C(=O)Cc3ccc(F)cc3F)C2)nc1. The predicted molar refractivity (Wildman–Crippen MR) is 84.6 cm³/mol. The third-order valence-electron chi connectivity index (χ3n) is 4.03. The van der Waals surface area contributed by atoms with Gasteiger partial charge in [0.05, 0.1) is 13.0 Å². The second kappa shape index (κ2) is 6.95. The number of pyridine rings is 1. The molecule has 1 saturated heterocycles. The monoisotopic (exact) mass is 332 g/mol. The molecule has 1 aromatic heterocycles. The third kappa shape index (κ3) is 3.88. The van der Waals surface area contributed by atoms with Crippen molar-refractivity contribution in [2.75, 3.05) is 13.1 Å². The number of ether oxygens (including phenoxy) is 1. The van der Waals surface area contributed by atoms with E-state index in [1.54, 1.807) is 17.2 Å². The summed E-state index contributed by atoms with van der Waals surface area (Å²) in [7, 11) is 0. The van der Waals surface area contributed by atoms with Crippen molar-refractivity contribution in [3.8, 4) is 5.88 Å². The van der Waals surface area contributed by atoms with Gasteiger partial charge in [-0.2, -0.15) is 0 Å². The van der Waals surface area contributed by atoms with Crippen LogP contribution in [0.15, 0.2) is 36.5 Å². The van der Waals surface area contributed by atoms with E-state index in [1.165, 1.54) is 6.07 Å². The van der Waals surface area contributed by atoms with E-state index in [0.29, 0.717) is 25.4 Å². The maximum atomic E-state index is 13.7. The molecule has 0 aliphatic carbocycles. The number of aryl methyl sites for hydroxylation is 1. The molecule has 0 N–H and O–H groups in total. The van der Waals surface area contributed by atoms with Crippen molar-refractivity contribution in [3.05, 3.63) is 59.3 Å². The highest BCUT2D eigenvalue weighted by molar-refractivity contribution is 5.79. The molecule has 0 radical (unpaired) electrons. The summed E-state index contributed by atoms with van der Waals surface area (Å²) in [6.45, 7) is 2.94. The number of carbonyl (C=O) groups excluding carboxylic acids is 1. The predicted octanol–water partition coefficient (Wildman–Crippen LogP) is 2.89. The molecule has 2 aromatic rings. The zero-order valence-electron chi connectivity index (χ0n) is 13.3. The minimum absolute atomic E-state index is 0.0817. The highest BCUT2D eigenvalue weighted by atomic mass is 19.1. The second-order valence-corrected chi connectivity index (χ2v) is 5.95. The van der Waals surface area contributed by atoms with Gasteiger partial charge in [-0.15, -0.1) is 0 Å². The van der Waals surface area contributed by atoms with Crippen LogP contribution in [0, 0.1) is 18.6 Å². The summed E-state index contributed by atoms with van der Waals surface area (Å²) in [6, 6.07) is 6.97. The lowest BCUT2D eigenvalue weighted by atomic mass is 10.1. The van der Waals surface area contributed by atoms with Crippen LogP contribution in [0.5, 0.6) is 5.88 Å². The lowest BCUT2D eigenvalue weighted by Crippen LogP contribution is -2.32. The highest BCUT2D eigenvalue weighted by Gasteiger charge is 2.28. The lowest BCUT2D eigenvalue weighted by Gasteiger charge is -2.17. The zero-order valence-corrected chi connectivity index (χ0v) is 13.3. The van der Waals surface area contributed by atoms with Gasteiger partial charge in [0, 0.05) is 31.3 Å². The van der Waals surface area contributed by atoms with Gasteiger partial charge in [0.15, 0.2) is 0 Å². The number of benzene rings is 1. The first-order chi connectivity index (χ1) is 11.5. The van der Waals surface area contributed by atoms with E-state index in [2.05, 4.69) is 4.98 Å². The van der Waals surface area contributed by atoms with Crippen molar-refractivity contribution in [2.24, 2.45) is 0 Å². The molecule has 2 heterocycles. The lowest BCUT2D eigenvalue weighted by molar-refractivity contribution is -0.129. The number of rotatable bonds is 4. The molecular formula is C18H18F2N2O2. The molecule has 1 aliphatic heterocycles. The van der Waals surface area contributed by atoms with Gasteiger partial charge in [-0.05, 0) is 24.1 Å². The topological polar surface area (TPSA) is 42.4 Å². The molecule has 24 heavy (non-hydrogen) atoms. The van der Waals surface area contributed by atoms with Crippen LogP contribution < -0.4 is 4.74 Å². The van der Waals surface area contributed by atoms with Gasteiger partial charge in [-0.3, -0.25) is 4.79 Å². The Morgan fingerprint density at radius 1 is 1.33 bits per heavy atom. The van der Waals surface area contributed by atoms with Crippen molar-refractivity contribution in [1.29, 1.82) is 0 Å². The first-order valence-electron chi connectivity index (χ1n) is 7.82. The number of hydrogen-bond acceptors (Lipinski definition) is 3. The molecular weight excluding hydrogens is 314 g/mol. The molecule has 0 saturated carbocycles. The number of aromatic nitrogens is 1. The second-order valence-electron chi connectivity index (χ2n) is 5.95. The summed E-state index contributed by atoms with van der Waals surface area (Å²) >= 11 is 0. The highest BCUT2D eigenvalue weighted by Crippen LogP contribution is 2.18. The zero-order chi connectivity index (χ0) is 17.1. The van der Waals surface area contributed by atoms with Crippen molar-refractivity contribution in [3.63, 3.8) is 0 Å². The molecule has 4 nitrogen and oxygen atoms in total. The number of likely N-dealkylation sites (tertiary alicyclic amines) is 1. The summed E-state index contributed by atoms with van der Waals surface area (Å²) in [4.78, 5) is 18.1. The average Bonchev–Trinajstić information content (AvgIpc) is 3.01. The molecule has 0 bridgehead atoms. The van der Waals surface area contributed by atoms with Crippen molar-refractivity contribution in [1.82, 2.24) is 9.88 Å². The Kier molecular flexibility index (Phi) is 4.74. The minimum atomic E-state index is -0.695. The Labute approximate surface area is 139 Å². The van der Waals surface area contributed by atoms with E-state index in [-0.39, 0.29) is 24.0 Å². The van der Waals surface area contributed by atoms with Crippen molar-refractivity contribution < 1.29 is 18.3 Å². The van der Waals surface area contributed by atoms with Crippen LogP contribution in [-0.2, 0) is 11.2 Å². The van der Waals surface area contributed by atoms with Crippen LogP contribution in [0.2, 0.25) is 0 Å². The van der Waals surface area contributed by atoms with Crippen LogP contribution >= 0.6 is 0 Å². The maximum Gasteiger partial charge on any atom is 0.227 e. The Hall–Kier alpha value is -2.50. The molecule has 1 aliphatic rings. The van der Waals surface area contributed by atoms with Gasteiger partial charge in [0.2, 0.25) is 11.8 Å². The van der Waals surface area contributed by atoms with E-state index in [0.717, 1.165) is 17.7 Å². The number of amides is 1. The summed E-state index contributed by atoms with van der Waals surface area (Å²) in [5.74, 6) is -1.00. The molecule has 0 spiro atoms. The Morgan fingerprint density at radius 2 is 2.17 bits per heavy atom. The largest absolute Gasteiger partial charge is 0.472 e. The van der Waals surface area contributed by atoms with Crippen LogP contribution in [0.25, 0.3) is 0 Å². The number of hydrogen-bond donors (Lipinski definition) is 0. The summed E-state index contributed by atoms with van der Waals surface area (Å²) in [5, 5.41) is 0. The summed E-state index contributed by atoms with van der Waals surface area (Å²) in [6.07, 6.45) is 2.22. The molecule has 1 atom stereocenters. The number of halogens is 2.